The van der Waals surface area contributed by atoms with Crippen LogP contribution in [0.5, 0.6) is 0 Å². The van der Waals surface area contributed by atoms with Crippen LogP contribution in [0.4, 0.5) is 0 Å². The van der Waals surface area contributed by atoms with Gasteiger partial charge in [0.2, 0.25) is 0 Å². The molecule has 1 saturated heterocycles. The number of hydrogen-bond donors (Lipinski definition) is 1. The zero-order valence-electron chi connectivity index (χ0n) is 10.6. The number of nitrogens with zero attached hydrogens (tertiary/aromatic N) is 2. The maximum atomic E-state index is 6.30. The molecule has 0 bridgehead atoms. The van der Waals surface area contributed by atoms with Gasteiger partial charge in [-0.25, -0.2) is 0 Å². The number of nitrogens with two attached hydrogens (primary N) is 1. The van der Waals surface area contributed by atoms with Gasteiger partial charge in [-0.1, -0.05) is 6.92 Å². The fourth-order valence-electron chi connectivity index (χ4n) is 2.26. The zero-order valence-corrected chi connectivity index (χ0v) is 10.6. The second-order valence-electron chi connectivity index (χ2n) is 4.56. The van der Waals surface area contributed by atoms with E-state index in [0.29, 0.717) is 0 Å². The van der Waals surface area contributed by atoms with Crippen LogP contribution in [0.1, 0.15) is 24.1 Å². The summed E-state index contributed by atoms with van der Waals surface area (Å²) in [5.41, 5.74) is 8.57. The largest absolute Gasteiger partial charge is 0.374 e. The highest BCUT2D eigenvalue weighted by Gasteiger charge is 2.26. The first-order valence-corrected chi connectivity index (χ1v) is 6.22. The summed E-state index contributed by atoms with van der Waals surface area (Å²) in [6, 6.07) is 1.91. The molecule has 94 valence electrons. The average Bonchev–Trinajstić information content (AvgIpc) is 2.38. The fourth-order valence-corrected chi connectivity index (χ4v) is 2.26. The Bertz CT molecular complexity index is 369. The highest BCUT2D eigenvalue weighted by molar-refractivity contribution is 5.25. The van der Waals surface area contributed by atoms with E-state index in [2.05, 4.69) is 23.7 Å². The third-order valence-electron chi connectivity index (χ3n) is 3.46. The van der Waals surface area contributed by atoms with E-state index in [4.69, 9.17) is 10.5 Å². The third kappa shape index (κ3) is 2.83. The van der Waals surface area contributed by atoms with E-state index in [0.717, 1.165) is 31.8 Å². The van der Waals surface area contributed by atoms with Crippen molar-refractivity contribution in [2.45, 2.75) is 26.0 Å². The molecule has 2 atom stereocenters. The molecule has 1 fully saturated rings. The zero-order chi connectivity index (χ0) is 12.3. The number of likely N-dealkylation sites (N-methyl/N-ethyl adjacent to an activating group) is 1. The van der Waals surface area contributed by atoms with Crippen molar-refractivity contribution < 1.29 is 4.74 Å². The third-order valence-corrected chi connectivity index (χ3v) is 3.46. The summed E-state index contributed by atoms with van der Waals surface area (Å²) in [5, 5.41) is 0. The summed E-state index contributed by atoms with van der Waals surface area (Å²) in [6.07, 6.45) is 3.73. The number of hydrogen-bond acceptors (Lipinski definition) is 4. The van der Waals surface area contributed by atoms with E-state index < -0.39 is 0 Å². The molecule has 0 amide bonds. The monoisotopic (exact) mass is 235 g/mol. The molecule has 4 heteroatoms. The van der Waals surface area contributed by atoms with Crippen molar-refractivity contribution in [2.75, 3.05) is 26.2 Å². The maximum absolute atomic E-state index is 6.30. The molecule has 1 aromatic heterocycles. The average molecular weight is 235 g/mol. The van der Waals surface area contributed by atoms with E-state index in [-0.39, 0.29) is 12.1 Å². The van der Waals surface area contributed by atoms with Crippen LogP contribution in [0, 0.1) is 6.92 Å². The molecule has 0 spiro atoms. The van der Waals surface area contributed by atoms with Crippen molar-refractivity contribution in [1.82, 2.24) is 9.88 Å². The van der Waals surface area contributed by atoms with Gasteiger partial charge < -0.3 is 10.5 Å². The lowest BCUT2D eigenvalue weighted by Gasteiger charge is -2.35. The van der Waals surface area contributed by atoms with Gasteiger partial charge in [-0.05, 0) is 30.7 Å². The molecule has 0 radical (unpaired) electrons. The first-order chi connectivity index (χ1) is 8.22. The standard InChI is InChI=1S/C13H21N3O/c1-3-16-6-7-17-12(9-16)13(14)11-8-15-5-4-10(11)2/h4-5,8,12-13H,3,6-7,9,14H2,1-2H3. The molecule has 2 rings (SSSR count). The van der Waals surface area contributed by atoms with Crippen LogP contribution < -0.4 is 5.73 Å². The Morgan fingerprint density at radius 2 is 2.47 bits per heavy atom. The van der Waals surface area contributed by atoms with E-state index in [1.54, 1.807) is 6.20 Å². The molecule has 0 saturated carbocycles. The van der Waals surface area contributed by atoms with E-state index >= 15 is 0 Å². The van der Waals surface area contributed by atoms with Crippen LogP contribution in [-0.4, -0.2) is 42.2 Å². The van der Waals surface area contributed by atoms with Gasteiger partial charge in [0.05, 0.1) is 18.8 Å². The topological polar surface area (TPSA) is 51.4 Å². The Hall–Kier alpha value is -0.970. The van der Waals surface area contributed by atoms with Gasteiger partial charge in [0.15, 0.2) is 0 Å². The minimum atomic E-state index is -0.0851. The molecular formula is C13H21N3O. The molecule has 1 aromatic rings. The van der Waals surface area contributed by atoms with Gasteiger partial charge in [0.25, 0.3) is 0 Å². The fraction of sp³-hybridized carbons (Fsp3) is 0.615. The second kappa shape index (κ2) is 5.58. The van der Waals surface area contributed by atoms with Crippen molar-refractivity contribution in [3.05, 3.63) is 29.6 Å². The minimum Gasteiger partial charge on any atom is -0.374 e. The predicted octanol–water partition coefficient (Wildman–Crippen LogP) is 1.11. The molecule has 0 aromatic carbocycles. The predicted molar refractivity (Wildman–Crippen MR) is 67.8 cm³/mol. The smallest absolute Gasteiger partial charge is 0.0895 e. The number of rotatable bonds is 3. The summed E-state index contributed by atoms with van der Waals surface area (Å²) in [4.78, 5) is 6.53. The van der Waals surface area contributed by atoms with Crippen LogP contribution in [0.15, 0.2) is 18.5 Å². The molecule has 0 aliphatic carbocycles. The van der Waals surface area contributed by atoms with Gasteiger partial charge in [0.1, 0.15) is 0 Å². The van der Waals surface area contributed by atoms with E-state index in [1.165, 1.54) is 5.56 Å². The number of pyridine rings is 1. The van der Waals surface area contributed by atoms with Crippen molar-refractivity contribution in [3.63, 3.8) is 0 Å². The Morgan fingerprint density at radius 3 is 3.18 bits per heavy atom. The van der Waals surface area contributed by atoms with Crippen molar-refractivity contribution in [1.29, 1.82) is 0 Å². The van der Waals surface area contributed by atoms with Gasteiger partial charge >= 0.3 is 0 Å². The molecule has 1 aliphatic heterocycles. The summed E-state index contributed by atoms with van der Waals surface area (Å²) in [7, 11) is 0. The minimum absolute atomic E-state index is 0.0756. The van der Waals surface area contributed by atoms with Crippen LogP contribution in [0.25, 0.3) is 0 Å². The van der Waals surface area contributed by atoms with Crippen LogP contribution in [-0.2, 0) is 4.74 Å². The molecule has 1 aliphatic rings. The quantitative estimate of drug-likeness (QED) is 0.852. The molecule has 4 nitrogen and oxygen atoms in total. The van der Waals surface area contributed by atoms with Crippen molar-refractivity contribution in [3.8, 4) is 0 Å². The highest BCUT2D eigenvalue weighted by atomic mass is 16.5. The molecule has 17 heavy (non-hydrogen) atoms. The maximum Gasteiger partial charge on any atom is 0.0895 e. The molecule has 2 unspecified atom stereocenters. The Kier molecular flexibility index (Phi) is 4.10. The van der Waals surface area contributed by atoms with Gasteiger partial charge in [-0.2, -0.15) is 0 Å². The number of morpholine rings is 1. The summed E-state index contributed by atoms with van der Waals surface area (Å²) in [6.45, 7) is 7.97. The van der Waals surface area contributed by atoms with E-state index in [1.807, 2.05) is 12.3 Å². The normalized spacial score (nSPS) is 23.6. The first kappa shape index (κ1) is 12.5. The summed E-state index contributed by atoms with van der Waals surface area (Å²) < 4.78 is 5.79. The lowest BCUT2D eigenvalue weighted by Crippen LogP contribution is -2.46. The van der Waals surface area contributed by atoms with Crippen LogP contribution in [0.3, 0.4) is 0 Å². The number of aryl methyl sites for hydroxylation is 1. The SMILES string of the molecule is CCN1CCOC(C(N)c2cnccc2C)C1. The number of ether oxygens (including phenoxy) is 1. The Labute approximate surface area is 103 Å². The first-order valence-electron chi connectivity index (χ1n) is 6.22. The lowest BCUT2D eigenvalue weighted by molar-refractivity contribution is -0.0394. The molecular weight excluding hydrogens is 214 g/mol. The van der Waals surface area contributed by atoms with Crippen LogP contribution >= 0.6 is 0 Å². The van der Waals surface area contributed by atoms with Crippen molar-refractivity contribution >= 4 is 0 Å². The van der Waals surface area contributed by atoms with Gasteiger partial charge in [-0.3, -0.25) is 9.88 Å². The summed E-state index contributed by atoms with van der Waals surface area (Å²) in [5.74, 6) is 0. The second-order valence-corrected chi connectivity index (χ2v) is 4.56. The van der Waals surface area contributed by atoms with Crippen LogP contribution in [0.2, 0.25) is 0 Å². The Balaban J connectivity index is 2.09. The lowest BCUT2D eigenvalue weighted by atomic mass is 9.99. The van der Waals surface area contributed by atoms with E-state index in [9.17, 15) is 0 Å². The Morgan fingerprint density at radius 1 is 1.65 bits per heavy atom. The van der Waals surface area contributed by atoms with Gasteiger partial charge in [0, 0.05) is 25.5 Å². The number of aromatic nitrogens is 1. The molecule has 2 N–H and O–H groups in total. The molecule has 2 heterocycles. The summed E-state index contributed by atoms with van der Waals surface area (Å²) >= 11 is 0. The van der Waals surface area contributed by atoms with Gasteiger partial charge in [-0.15, -0.1) is 0 Å². The highest BCUT2D eigenvalue weighted by Crippen LogP contribution is 2.22. The van der Waals surface area contributed by atoms with Crippen molar-refractivity contribution in [2.24, 2.45) is 5.73 Å².